The SMILES string of the molecule is CC1(C)CC(=O)C(c2ccccc2)=C1O. The van der Waals surface area contributed by atoms with Gasteiger partial charge in [0, 0.05) is 11.8 Å². The number of carbonyl (C=O) groups is 1. The lowest BCUT2D eigenvalue weighted by Crippen LogP contribution is -2.10. The maximum Gasteiger partial charge on any atom is 0.167 e. The highest BCUT2D eigenvalue weighted by atomic mass is 16.3. The first kappa shape index (κ1) is 9.97. The predicted molar refractivity (Wildman–Crippen MR) is 59.4 cm³/mol. The van der Waals surface area contributed by atoms with Gasteiger partial charge in [0.05, 0.1) is 5.57 Å². The Kier molecular flexibility index (Phi) is 2.14. The van der Waals surface area contributed by atoms with E-state index in [-0.39, 0.29) is 11.5 Å². The minimum Gasteiger partial charge on any atom is -0.511 e. The lowest BCUT2D eigenvalue weighted by molar-refractivity contribution is -0.114. The molecule has 0 bridgehead atoms. The summed E-state index contributed by atoms with van der Waals surface area (Å²) in [5.74, 6) is 0.252. The summed E-state index contributed by atoms with van der Waals surface area (Å²) < 4.78 is 0. The second-order valence-corrected chi connectivity index (χ2v) is 4.57. The summed E-state index contributed by atoms with van der Waals surface area (Å²) in [6.07, 6.45) is 0.392. The normalized spacial score (nSPS) is 19.7. The van der Waals surface area contributed by atoms with Crippen LogP contribution >= 0.6 is 0 Å². The van der Waals surface area contributed by atoms with Crippen molar-refractivity contribution in [3.05, 3.63) is 41.7 Å². The van der Waals surface area contributed by atoms with Gasteiger partial charge in [0.1, 0.15) is 5.76 Å². The van der Waals surface area contributed by atoms with Crippen LogP contribution in [-0.4, -0.2) is 10.9 Å². The molecular weight excluding hydrogens is 188 g/mol. The molecule has 0 unspecified atom stereocenters. The Bertz CT molecular complexity index is 427. The molecule has 78 valence electrons. The third-order valence-electron chi connectivity index (χ3n) is 2.82. The summed E-state index contributed by atoms with van der Waals surface area (Å²) in [4.78, 5) is 11.8. The summed E-state index contributed by atoms with van der Waals surface area (Å²) in [6, 6.07) is 9.34. The minimum atomic E-state index is -0.414. The van der Waals surface area contributed by atoms with Crippen molar-refractivity contribution in [3.63, 3.8) is 0 Å². The molecule has 0 saturated carbocycles. The van der Waals surface area contributed by atoms with Crippen molar-refractivity contribution in [2.75, 3.05) is 0 Å². The molecule has 0 atom stereocenters. The second-order valence-electron chi connectivity index (χ2n) is 4.57. The fraction of sp³-hybridized carbons (Fsp3) is 0.308. The van der Waals surface area contributed by atoms with Crippen molar-refractivity contribution in [2.24, 2.45) is 5.41 Å². The first-order chi connectivity index (χ1) is 7.02. The standard InChI is InChI=1S/C13H14O2/c1-13(2)8-10(14)11(12(13)15)9-6-4-3-5-7-9/h3-7,15H,8H2,1-2H3. The number of Topliss-reactive ketones (excluding diaryl/α,β-unsaturated/α-hetero) is 1. The van der Waals surface area contributed by atoms with E-state index in [1.165, 1.54) is 0 Å². The number of rotatable bonds is 1. The molecule has 2 rings (SSSR count). The summed E-state index contributed by atoms with van der Waals surface area (Å²) in [6.45, 7) is 3.77. The molecule has 1 aromatic carbocycles. The van der Waals surface area contributed by atoms with E-state index in [9.17, 15) is 9.90 Å². The van der Waals surface area contributed by atoms with Gasteiger partial charge in [0.25, 0.3) is 0 Å². The van der Waals surface area contributed by atoms with Gasteiger partial charge >= 0.3 is 0 Å². The van der Waals surface area contributed by atoms with Gasteiger partial charge in [-0.3, -0.25) is 4.79 Å². The second kappa shape index (κ2) is 3.23. The number of benzene rings is 1. The molecule has 0 aliphatic heterocycles. The van der Waals surface area contributed by atoms with Gasteiger partial charge in [-0.25, -0.2) is 0 Å². The van der Waals surface area contributed by atoms with Crippen LogP contribution in [-0.2, 0) is 4.79 Å². The van der Waals surface area contributed by atoms with E-state index in [0.717, 1.165) is 5.56 Å². The smallest absolute Gasteiger partial charge is 0.167 e. The van der Waals surface area contributed by atoms with Crippen LogP contribution in [0.1, 0.15) is 25.8 Å². The topological polar surface area (TPSA) is 37.3 Å². The molecule has 2 heteroatoms. The Labute approximate surface area is 89.2 Å². The van der Waals surface area contributed by atoms with E-state index in [4.69, 9.17) is 0 Å². The first-order valence-corrected chi connectivity index (χ1v) is 5.05. The number of hydrogen-bond acceptors (Lipinski definition) is 2. The molecule has 0 saturated heterocycles. The summed E-state index contributed by atoms with van der Waals surface area (Å²) in [5.41, 5.74) is 0.883. The van der Waals surface area contributed by atoms with Crippen molar-refractivity contribution < 1.29 is 9.90 Å². The van der Waals surface area contributed by atoms with E-state index < -0.39 is 5.41 Å². The molecule has 0 spiro atoms. The molecule has 2 nitrogen and oxygen atoms in total. The van der Waals surface area contributed by atoms with Crippen LogP contribution in [0, 0.1) is 5.41 Å². The Morgan fingerprint density at radius 1 is 1.20 bits per heavy atom. The molecule has 1 aliphatic rings. The van der Waals surface area contributed by atoms with Gasteiger partial charge in [-0.1, -0.05) is 44.2 Å². The van der Waals surface area contributed by atoms with Crippen LogP contribution in [0.4, 0.5) is 0 Å². The maximum atomic E-state index is 11.8. The summed E-state index contributed by atoms with van der Waals surface area (Å²) >= 11 is 0. The van der Waals surface area contributed by atoms with Crippen LogP contribution in [0.15, 0.2) is 36.1 Å². The highest BCUT2D eigenvalue weighted by Crippen LogP contribution is 2.42. The molecule has 0 radical (unpaired) electrons. The lowest BCUT2D eigenvalue weighted by Gasteiger charge is -2.15. The highest BCUT2D eigenvalue weighted by molar-refractivity contribution is 6.24. The van der Waals surface area contributed by atoms with Gasteiger partial charge in [-0.15, -0.1) is 0 Å². The van der Waals surface area contributed by atoms with Crippen molar-refractivity contribution in [2.45, 2.75) is 20.3 Å². The molecular formula is C13H14O2. The van der Waals surface area contributed by atoms with Crippen molar-refractivity contribution in [3.8, 4) is 0 Å². The zero-order valence-corrected chi connectivity index (χ0v) is 8.95. The molecule has 0 fully saturated rings. The van der Waals surface area contributed by atoms with Crippen molar-refractivity contribution in [1.82, 2.24) is 0 Å². The molecule has 0 amide bonds. The molecule has 0 heterocycles. The molecule has 1 aromatic rings. The maximum absolute atomic E-state index is 11.8. The van der Waals surface area contributed by atoms with Gasteiger partial charge in [-0.05, 0) is 5.56 Å². The molecule has 1 aliphatic carbocycles. The van der Waals surface area contributed by atoms with E-state index >= 15 is 0 Å². The molecule has 15 heavy (non-hydrogen) atoms. The number of allylic oxidation sites excluding steroid dienone is 2. The van der Waals surface area contributed by atoms with Gasteiger partial charge in [0.2, 0.25) is 0 Å². The average Bonchev–Trinajstić information content (AvgIpc) is 2.38. The van der Waals surface area contributed by atoms with E-state index in [1.54, 1.807) is 0 Å². The number of hydrogen-bond donors (Lipinski definition) is 1. The van der Waals surface area contributed by atoms with Gasteiger partial charge in [0.15, 0.2) is 5.78 Å². The number of aliphatic hydroxyl groups is 1. The lowest BCUT2D eigenvalue weighted by atomic mass is 9.91. The summed E-state index contributed by atoms with van der Waals surface area (Å²) in [7, 11) is 0. The van der Waals surface area contributed by atoms with Gasteiger partial charge in [-0.2, -0.15) is 0 Å². The fourth-order valence-corrected chi connectivity index (χ4v) is 1.95. The largest absolute Gasteiger partial charge is 0.511 e. The number of ketones is 1. The predicted octanol–water partition coefficient (Wildman–Crippen LogP) is 2.95. The van der Waals surface area contributed by atoms with E-state index in [2.05, 4.69) is 0 Å². The average molecular weight is 202 g/mol. The Balaban J connectivity index is 2.54. The third-order valence-corrected chi connectivity index (χ3v) is 2.82. The minimum absolute atomic E-state index is 0.0312. The summed E-state index contributed by atoms with van der Waals surface area (Å²) in [5, 5.41) is 10.00. The highest BCUT2D eigenvalue weighted by Gasteiger charge is 2.38. The Morgan fingerprint density at radius 3 is 2.27 bits per heavy atom. The van der Waals surface area contributed by atoms with E-state index in [1.807, 2.05) is 44.2 Å². The molecule has 0 aromatic heterocycles. The number of aliphatic hydroxyl groups excluding tert-OH is 1. The monoisotopic (exact) mass is 202 g/mol. The van der Waals surface area contributed by atoms with Crippen LogP contribution in [0.5, 0.6) is 0 Å². The van der Waals surface area contributed by atoms with E-state index in [0.29, 0.717) is 12.0 Å². The zero-order chi connectivity index (χ0) is 11.1. The van der Waals surface area contributed by atoms with Crippen molar-refractivity contribution >= 4 is 11.4 Å². The zero-order valence-electron chi connectivity index (χ0n) is 8.95. The van der Waals surface area contributed by atoms with Crippen LogP contribution in [0.3, 0.4) is 0 Å². The first-order valence-electron chi connectivity index (χ1n) is 5.05. The number of carbonyl (C=O) groups excluding carboxylic acids is 1. The quantitative estimate of drug-likeness (QED) is 0.760. The van der Waals surface area contributed by atoms with Crippen molar-refractivity contribution in [1.29, 1.82) is 0 Å². The Morgan fingerprint density at radius 2 is 1.80 bits per heavy atom. The third kappa shape index (κ3) is 1.56. The Hall–Kier alpha value is -1.57. The molecule has 1 N–H and O–H groups in total. The van der Waals surface area contributed by atoms with Crippen LogP contribution in [0.25, 0.3) is 5.57 Å². The van der Waals surface area contributed by atoms with Crippen LogP contribution in [0.2, 0.25) is 0 Å². The van der Waals surface area contributed by atoms with Gasteiger partial charge < -0.3 is 5.11 Å². The fourth-order valence-electron chi connectivity index (χ4n) is 1.95. The van der Waals surface area contributed by atoms with Crippen LogP contribution < -0.4 is 0 Å².